The third kappa shape index (κ3) is 24.1. The summed E-state index contributed by atoms with van der Waals surface area (Å²) in [6.45, 7) is -5.36. The predicted octanol–water partition coefficient (Wildman–Crippen LogP) is -21.4. The van der Waals surface area contributed by atoms with Crippen LogP contribution in [0.15, 0.2) is 0 Å². The van der Waals surface area contributed by atoms with E-state index in [0.717, 1.165) is 34.6 Å². The Kier molecular flexibility index (Phi) is 38.6. The molecular formula is C70H119N5O50. The van der Waals surface area contributed by atoms with E-state index in [9.17, 15) is 162 Å². The Morgan fingerprint density at radius 2 is 0.624 bits per heavy atom. The van der Waals surface area contributed by atoms with Crippen molar-refractivity contribution in [1.29, 1.82) is 0 Å². The van der Waals surface area contributed by atoms with E-state index in [4.69, 9.17) is 85.3 Å². The zero-order valence-corrected chi connectivity index (χ0v) is 67.8. The number of carbonyl (C=O) groups is 5. The Morgan fingerprint density at radius 1 is 0.296 bits per heavy atom. The predicted molar refractivity (Wildman–Crippen MR) is 388 cm³/mol. The second-order valence-electron chi connectivity index (χ2n) is 31.5. The van der Waals surface area contributed by atoms with Gasteiger partial charge in [0.05, 0.1) is 78.2 Å². The number of carbonyl (C=O) groups excluding carboxylic acids is 5. The molecule has 9 rings (SSSR count). The van der Waals surface area contributed by atoms with Crippen LogP contribution in [0, 0.1) is 0 Å². The summed E-state index contributed by atoms with van der Waals surface area (Å²) in [5, 5.41) is 314. The summed E-state index contributed by atoms with van der Waals surface area (Å²) in [7, 11) is 0. The first kappa shape index (κ1) is 104. The van der Waals surface area contributed by atoms with Crippen molar-refractivity contribution >= 4 is 29.5 Å². The maximum Gasteiger partial charge on any atom is 0.217 e. The van der Waals surface area contributed by atoms with E-state index < -0.39 is 396 Å². The quantitative estimate of drug-likeness (QED) is 0.0277. The van der Waals surface area contributed by atoms with Crippen molar-refractivity contribution in [3.63, 3.8) is 0 Å². The first-order valence-electron chi connectivity index (χ1n) is 39.9. The van der Waals surface area contributed by atoms with Gasteiger partial charge in [-0.1, -0.05) is 0 Å². The maximum atomic E-state index is 13.3. The minimum absolute atomic E-state index is 0.826. The monoisotopic (exact) mass is 1830 g/mol. The summed E-state index contributed by atoms with van der Waals surface area (Å²) in [5.41, 5.74) is 0. The summed E-state index contributed by atoms with van der Waals surface area (Å²) in [4.78, 5) is 64.1. The largest absolute Gasteiger partial charge is 0.394 e. The Balaban J connectivity index is 1.07. The van der Waals surface area contributed by atoms with E-state index in [1.165, 1.54) is 6.92 Å². The maximum absolute atomic E-state index is 13.3. The van der Waals surface area contributed by atoms with Gasteiger partial charge in [-0.2, -0.15) is 0 Å². The fourth-order valence-corrected chi connectivity index (χ4v) is 15.8. The van der Waals surface area contributed by atoms with E-state index in [0.29, 0.717) is 0 Å². The van der Waals surface area contributed by atoms with Crippen LogP contribution >= 0.6 is 0 Å². The van der Waals surface area contributed by atoms with Crippen LogP contribution in [0.5, 0.6) is 0 Å². The summed E-state index contributed by atoms with van der Waals surface area (Å²) in [5.74, 6) is -4.67. The van der Waals surface area contributed by atoms with Crippen LogP contribution in [-0.4, -0.2) is 534 Å². The average molecular weight is 1830 g/mol. The number of hydrogen-bond acceptors (Lipinski definition) is 50. The Morgan fingerprint density at radius 3 is 1.06 bits per heavy atom. The second-order valence-corrected chi connectivity index (χ2v) is 31.5. The molecule has 0 aromatic rings. The van der Waals surface area contributed by atoms with Crippen LogP contribution in [0.2, 0.25) is 0 Å². The molecule has 9 aliphatic heterocycles. The molecular weight excluding hydrogens is 1710 g/mol. The average Bonchev–Trinajstić information content (AvgIpc) is 0.768. The van der Waals surface area contributed by atoms with Crippen molar-refractivity contribution in [3.8, 4) is 0 Å². The number of aliphatic hydroxyl groups excluding tert-OH is 27. The Hall–Kier alpha value is -4.45. The summed E-state index contributed by atoms with van der Waals surface area (Å²) in [6.07, 6.45) is -92.7. The highest BCUT2D eigenvalue weighted by Gasteiger charge is 2.61. The molecule has 0 aliphatic carbocycles. The first-order chi connectivity index (χ1) is 59.0. The standard InChI is InChI=1S/C70H119N5O50/c1-17-37(90)48(101)52(105)66(110-17)108-15-24(89)55(38(91)23(7-76)71-18(2)84)119-63-34(73-20(4)86)46(99)58(31(14-83)115-63)122-68-54(107)59(123-70-61(51(104)42(95)28(11-80)114-70)125-65-35(74-21(5)87)45(98)56(29(12-81)116-65)120-62-33(72-19(3)85)44(97)39(92)25(8-77)111-62)43(96)32(118-68)16-109-69-60(50(103)41(94)27(10-79)113-69)124-64-36(75-22(6)88)47(100)57(30(13-82)117-64)121-67-53(106)49(102)40(93)26(9-78)112-67/h17,23-70,76-83,89-107H,7-16H2,1-6H3,(H,71,84)(H,72,85)(H,73,86)(H,74,87)(H,75,88)/t17-,23-,24+,25+,26+,27+,28+,29+,30+,31+,32+,33+,34+,35+,36+,37+,38+,39-,40-,41+,42+,43+,44+,45+,46+,47+,48+,49-,50-,51-,52-,53+,54-,55+,56+,57+,58+,59-,60-,61-,62-,63-,64-,65-,66+,67-,68-,69-,70+/m0/s1. The molecule has 0 spiro atoms. The van der Waals surface area contributed by atoms with Gasteiger partial charge in [0.15, 0.2) is 56.6 Å². The molecule has 5 amide bonds. The van der Waals surface area contributed by atoms with Crippen LogP contribution in [0.25, 0.3) is 0 Å². The molecule has 125 heavy (non-hydrogen) atoms. The van der Waals surface area contributed by atoms with Gasteiger partial charge < -0.3 is 250 Å². The lowest BCUT2D eigenvalue weighted by Gasteiger charge is -2.51. The van der Waals surface area contributed by atoms with Crippen LogP contribution < -0.4 is 26.6 Å². The van der Waals surface area contributed by atoms with Gasteiger partial charge in [-0.3, -0.25) is 24.0 Å². The van der Waals surface area contributed by atoms with Gasteiger partial charge in [-0.15, -0.1) is 0 Å². The van der Waals surface area contributed by atoms with Crippen molar-refractivity contribution in [2.45, 2.75) is 342 Å². The molecule has 0 aromatic carbocycles. The number of hydrogen-bond donors (Lipinski definition) is 32. The SMILES string of the molecule is CC(=O)N[C@H]1[C@H](O[C@@H]([C@H](O)[C@H](CO)NC(C)=O)[C@H](O)CO[C@@H]2O[C@@H](C)[C@@H](O)[C@@H](O)[C@@H]2O)O[C@H](CO)[C@@H](O[C@@H]2O[C@H](CO[C@H]3O[C@H](CO)[C@@H](O)[C@H](O)[C@@H]3O[C@@H]3O[C@H](CO)[C@@H](O[C@@H]4O[C@H](CO)[C@H](O)[C@H](O)[C@H]4O)[C@H](O)[C@H]3NC(C)=O)[C@@H](O)[C@H](O[C@H]3O[C@H](CO)[C@@H](O)[C@H](O)[C@@H]3O[C@@H]3O[C@H](CO)[C@@H](O[C@@H]4O[C@H](CO)[C@H](O)[C@H](O)[C@H]4NC(C)=O)[C@H](O)[C@H]3NC(C)=O)[C@@H]2O)[C@@H]1O. The summed E-state index contributed by atoms with van der Waals surface area (Å²) in [6, 6.07) is -9.48. The smallest absolute Gasteiger partial charge is 0.217 e. The normalized spacial score (nSPS) is 46.1. The number of amides is 5. The van der Waals surface area contributed by atoms with Crippen molar-refractivity contribution < 1.29 is 247 Å². The topological polar surface area (TPSA) is 858 Å². The first-order valence-corrected chi connectivity index (χ1v) is 39.9. The van der Waals surface area contributed by atoms with Crippen molar-refractivity contribution in [3.05, 3.63) is 0 Å². The number of nitrogens with one attached hydrogen (secondary N) is 5. The van der Waals surface area contributed by atoms with Crippen LogP contribution in [0.4, 0.5) is 0 Å². The van der Waals surface area contributed by atoms with Gasteiger partial charge in [0.1, 0.15) is 232 Å². The highest BCUT2D eigenvalue weighted by Crippen LogP contribution is 2.40. The van der Waals surface area contributed by atoms with Crippen molar-refractivity contribution in [2.75, 3.05) is 66.1 Å². The highest BCUT2D eigenvalue weighted by atomic mass is 16.8. The van der Waals surface area contributed by atoms with Crippen LogP contribution in [0.3, 0.4) is 0 Å². The molecule has 0 aromatic heterocycles. The zero-order valence-electron chi connectivity index (χ0n) is 67.8. The van der Waals surface area contributed by atoms with E-state index in [-0.39, 0.29) is 0 Å². The number of rotatable bonds is 36. The van der Waals surface area contributed by atoms with E-state index in [2.05, 4.69) is 26.6 Å². The molecule has 724 valence electrons. The van der Waals surface area contributed by atoms with Crippen LogP contribution in [-0.2, 0) is 109 Å². The van der Waals surface area contributed by atoms with Gasteiger partial charge in [-0.05, 0) is 6.92 Å². The lowest BCUT2D eigenvalue weighted by Crippen LogP contribution is -2.71. The third-order valence-electron chi connectivity index (χ3n) is 22.5. The van der Waals surface area contributed by atoms with Gasteiger partial charge >= 0.3 is 0 Å². The van der Waals surface area contributed by atoms with E-state index >= 15 is 0 Å². The fraction of sp³-hybridized carbons (Fsp3) is 0.929. The van der Waals surface area contributed by atoms with Gasteiger partial charge in [0, 0.05) is 34.6 Å². The van der Waals surface area contributed by atoms with Crippen LogP contribution in [0.1, 0.15) is 41.5 Å². The van der Waals surface area contributed by atoms with Gasteiger partial charge in [0.2, 0.25) is 29.5 Å². The molecule has 9 fully saturated rings. The molecule has 0 bridgehead atoms. The molecule has 49 atom stereocenters. The second kappa shape index (κ2) is 46.3. The fourth-order valence-electron chi connectivity index (χ4n) is 15.8. The highest BCUT2D eigenvalue weighted by molar-refractivity contribution is 5.75. The molecule has 0 radical (unpaired) electrons. The molecule has 0 unspecified atom stereocenters. The zero-order chi connectivity index (χ0) is 92.5. The summed E-state index contributed by atoms with van der Waals surface area (Å²) >= 11 is 0. The molecule has 0 saturated carbocycles. The Bertz CT molecular complexity index is 3370. The molecule has 9 aliphatic rings. The lowest BCUT2D eigenvalue weighted by atomic mass is 9.94. The van der Waals surface area contributed by atoms with Gasteiger partial charge in [0.25, 0.3) is 0 Å². The molecule has 9 heterocycles. The minimum Gasteiger partial charge on any atom is -0.394 e. The third-order valence-corrected chi connectivity index (χ3v) is 22.5. The van der Waals surface area contributed by atoms with E-state index in [1.54, 1.807) is 0 Å². The lowest BCUT2D eigenvalue weighted by molar-refractivity contribution is -0.398. The molecule has 9 saturated heterocycles. The van der Waals surface area contributed by atoms with Crippen molar-refractivity contribution in [1.82, 2.24) is 26.6 Å². The summed E-state index contributed by atoms with van der Waals surface area (Å²) < 4.78 is 107. The van der Waals surface area contributed by atoms with Gasteiger partial charge in [-0.25, -0.2) is 0 Å². The molecule has 55 nitrogen and oxygen atoms in total. The minimum atomic E-state index is -2.66. The molecule has 32 N–H and O–H groups in total. The Labute approximate surface area is 709 Å². The molecule has 55 heteroatoms. The number of aliphatic hydroxyl groups is 27. The number of ether oxygens (including phenoxy) is 18. The van der Waals surface area contributed by atoms with E-state index in [1.807, 2.05) is 0 Å². The van der Waals surface area contributed by atoms with Crippen molar-refractivity contribution in [2.24, 2.45) is 0 Å².